The molecule has 0 aliphatic rings. The summed E-state index contributed by atoms with van der Waals surface area (Å²) in [5.74, 6) is -0.544. The third kappa shape index (κ3) is 5.05. The summed E-state index contributed by atoms with van der Waals surface area (Å²) in [7, 11) is 1.32. The smallest absolute Gasteiger partial charge is 0.307 e. The summed E-state index contributed by atoms with van der Waals surface area (Å²) in [6.07, 6.45) is 3.47. The molecule has 0 unspecified atom stereocenters. The van der Waals surface area contributed by atoms with Crippen LogP contribution in [0.4, 0.5) is 0 Å². The lowest BCUT2D eigenvalue weighted by molar-refractivity contribution is -0.142. The van der Waals surface area contributed by atoms with Crippen molar-refractivity contribution in [3.8, 4) is 0 Å². The van der Waals surface area contributed by atoms with Gasteiger partial charge in [0.2, 0.25) is 5.91 Å². The fourth-order valence-corrected chi connectivity index (χ4v) is 1.59. The molecule has 2 N–H and O–H groups in total. The summed E-state index contributed by atoms with van der Waals surface area (Å²) >= 11 is 0. The van der Waals surface area contributed by atoms with Crippen LogP contribution in [0.3, 0.4) is 0 Å². The fraction of sp³-hybridized carbons (Fsp3) is 0.462. The Hall–Kier alpha value is -1.95. The summed E-state index contributed by atoms with van der Waals surface area (Å²) in [4.78, 5) is 28.6. The lowest BCUT2D eigenvalue weighted by Gasteiger charge is -2.24. The summed E-state index contributed by atoms with van der Waals surface area (Å²) in [5.41, 5.74) is 6.55. The SMILES string of the molecule is COC(=O)CCN(Cc1ccncc1)C(=O)[C@@H](C)N. The molecule has 1 amide bonds. The fourth-order valence-electron chi connectivity index (χ4n) is 1.59. The molecule has 0 fully saturated rings. The number of amides is 1. The van der Waals surface area contributed by atoms with Gasteiger partial charge in [-0.15, -0.1) is 0 Å². The molecule has 0 spiro atoms. The zero-order valence-corrected chi connectivity index (χ0v) is 11.2. The number of carbonyl (C=O) groups is 2. The van der Waals surface area contributed by atoms with Gasteiger partial charge in [-0.1, -0.05) is 0 Å². The average Bonchev–Trinajstić information content (AvgIpc) is 2.43. The number of carbonyl (C=O) groups excluding carboxylic acids is 2. The number of esters is 1. The molecule has 1 heterocycles. The standard InChI is InChI=1S/C13H19N3O3/c1-10(14)13(18)16(8-5-12(17)19-2)9-11-3-6-15-7-4-11/h3-4,6-7,10H,5,8-9,14H2,1-2H3/t10-/m1/s1. The maximum absolute atomic E-state index is 12.0. The minimum absolute atomic E-state index is 0.153. The molecule has 1 atom stereocenters. The van der Waals surface area contributed by atoms with Gasteiger partial charge in [0, 0.05) is 25.5 Å². The maximum atomic E-state index is 12.0. The second kappa shape index (κ2) is 7.48. The van der Waals surface area contributed by atoms with Crippen molar-refractivity contribution < 1.29 is 14.3 Å². The third-order valence-corrected chi connectivity index (χ3v) is 2.64. The Bertz CT molecular complexity index is 420. The van der Waals surface area contributed by atoms with Crippen molar-refractivity contribution >= 4 is 11.9 Å². The van der Waals surface area contributed by atoms with Crippen LogP contribution in [0.1, 0.15) is 18.9 Å². The zero-order valence-electron chi connectivity index (χ0n) is 11.2. The summed E-state index contributed by atoms with van der Waals surface area (Å²) < 4.78 is 4.57. The number of rotatable bonds is 6. The molecule has 6 nitrogen and oxygen atoms in total. The highest BCUT2D eigenvalue weighted by molar-refractivity contribution is 5.81. The van der Waals surface area contributed by atoms with E-state index < -0.39 is 6.04 Å². The summed E-state index contributed by atoms with van der Waals surface area (Å²) in [6.45, 7) is 2.31. The van der Waals surface area contributed by atoms with Gasteiger partial charge in [-0.25, -0.2) is 0 Å². The normalized spacial score (nSPS) is 11.7. The van der Waals surface area contributed by atoms with Gasteiger partial charge in [-0.05, 0) is 24.6 Å². The van der Waals surface area contributed by atoms with E-state index in [-0.39, 0.29) is 24.8 Å². The Morgan fingerprint density at radius 2 is 2.05 bits per heavy atom. The quantitative estimate of drug-likeness (QED) is 0.749. The molecule has 1 aromatic heterocycles. The van der Waals surface area contributed by atoms with Crippen LogP contribution in [0.2, 0.25) is 0 Å². The van der Waals surface area contributed by atoms with E-state index in [2.05, 4.69) is 9.72 Å². The van der Waals surface area contributed by atoms with Gasteiger partial charge < -0.3 is 15.4 Å². The second-order valence-corrected chi connectivity index (χ2v) is 4.23. The Morgan fingerprint density at radius 1 is 1.42 bits per heavy atom. The first-order valence-corrected chi connectivity index (χ1v) is 6.04. The van der Waals surface area contributed by atoms with Crippen LogP contribution in [0, 0.1) is 0 Å². The minimum Gasteiger partial charge on any atom is -0.469 e. The predicted molar refractivity (Wildman–Crippen MR) is 69.9 cm³/mol. The number of methoxy groups -OCH3 is 1. The van der Waals surface area contributed by atoms with Gasteiger partial charge >= 0.3 is 5.97 Å². The van der Waals surface area contributed by atoms with Crippen LogP contribution < -0.4 is 5.73 Å². The van der Waals surface area contributed by atoms with Crippen molar-refractivity contribution in [3.05, 3.63) is 30.1 Å². The molecule has 1 aromatic rings. The van der Waals surface area contributed by atoms with Crippen LogP contribution in [0.5, 0.6) is 0 Å². The molecule has 0 aliphatic carbocycles. The molecule has 0 saturated carbocycles. The molecule has 1 rings (SSSR count). The van der Waals surface area contributed by atoms with E-state index in [0.717, 1.165) is 5.56 Å². The van der Waals surface area contributed by atoms with E-state index in [0.29, 0.717) is 6.54 Å². The Morgan fingerprint density at radius 3 is 2.58 bits per heavy atom. The average molecular weight is 265 g/mol. The van der Waals surface area contributed by atoms with Crippen LogP contribution in [-0.2, 0) is 20.9 Å². The van der Waals surface area contributed by atoms with Gasteiger partial charge in [0.1, 0.15) is 0 Å². The lowest BCUT2D eigenvalue weighted by Crippen LogP contribution is -2.42. The van der Waals surface area contributed by atoms with Crippen molar-refractivity contribution in [2.45, 2.75) is 25.9 Å². The number of nitrogens with two attached hydrogens (primary N) is 1. The highest BCUT2D eigenvalue weighted by Crippen LogP contribution is 2.06. The molecular weight excluding hydrogens is 246 g/mol. The van der Waals surface area contributed by atoms with Crippen LogP contribution in [0.25, 0.3) is 0 Å². The van der Waals surface area contributed by atoms with Gasteiger partial charge in [-0.3, -0.25) is 14.6 Å². The number of aromatic nitrogens is 1. The Balaban J connectivity index is 2.69. The molecular formula is C13H19N3O3. The van der Waals surface area contributed by atoms with Crippen molar-refractivity contribution in [1.29, 1.82) is 0 Å². The van der Waals surface area contributed by atoms with Crippen molar-refractivity contribution in [2.75, 3.05) is 13.7 Å². The molecule has 0 bridgehead atoms. The van der Waals surface area contributed by atoms with E-state index in [1.54, 1.807) is 24.2 Å². The first kappa shape index (κ1) is 15.1. The van der Waals surface area contributed by atoms with Crippen molar-refractivity contribution in [2.24, 2.45) is 5.73 Å². The highest BCUT2D eigenvalue weighted by Gasteiger charge is 2.18. The van der Waals surface area contributed by atoms with Crippen LogP contribution >= 0.6 is 0 Å². The topological polar surface area (TPSA) is 85.5 Å². The lowest BCUT2D eigenvalue weighted by atomic mass is 10.2. The van der Waals surface area contributed by atoms with E-state index in [1.165, 1.54) is 7.11 Å². The molecule has 0 saturated heterocycles. The molecule has 0 radical (unpaired) electrons. The first-order valence-electron chi connectivity index (χ1n) is 6.04. The number of nitrogens with zero attached hydrogens (tertiary/aromatic N) is 2. The van der Waals surface area contributed by atoms with Crippen molar-refractivity contribution in [1.82, 2.24) is 9.88 Å². The summed E-state index contributed by atoms with van der Waals surface area (Å²) in [5, 5.41) is 0. The number of pyridine rings is 1. The van der Waals surface area contributed by atoms with Crippen LogP contribution in [0.15, 0.2) is 24.5 Å². The minimum atomic E-state index is -0.598. The molecule has 19 heavy (non-hydrogen) atoms. The van der Waals surface area contributed by atoms with Gasteiger partial charge in [0.15, 0.2) is 0 Å². The predicted octanol–water partition coefficient (Wildman–Crippen LogP) is 0.321. The zero-order chi connectivity index (χ0) is 14.3. The monoisotopic (exact) mass is 265 g/mol. The number of hydrogen-bond donors (Lipinski definition) is 1. The van der Waals surface area contributed by atoms with E-state index >= 15 is 0 Å². The second-order valence-electron chi connectivity index (χ2n) is 4.23. The maximum Gasteiger partial charge on any atom is 0.307 e. The van der Waals surface area contributed by atoms with Gasteiger partial charge in [0.25, 0.3) is 0 Å². The number of hydrogen-bond acceptors (Lipinski definition) is 5. The Labute approximate surface area is 112 Å². The first-order chi connectivity index (χ1) is 9.04. The summed E-state index contributed by atoms with van der Waals surface area (Å²) in [6, 6.07) is 3.04. The molecule has 104 valence electrons. The van der Waals surface area contributed by atoms with E-state index in [4.69, 9.17) is 5.73 Å². The molecule has 0 aromatic carbocycles. The van der Waals surface area contributed by atoms with Crippen LogP contribution in [-0.4, -0.2) is 41.5 Å². The molecule has 6 heteroatoms. The Kier molecular flexibility index (Phi) is 5.95. The van der Waals surface area contributed by atoms with Gasteiger partial charge in [0.05, 0.1) is 19.6 Å². The third-order valence-electron chi connectivity index (χ3n) is 2.64. The number of ether oxygens (including phenoxy) is 1. The van der Waals surface area contributed by atoms with E-state index in [9.17, 15) is 9.59 Å². The molecule has 0 aliphatic heterocycles. The largest absolute Gasteiger partial charge is 0.469 e. The van der Waals surface area contributed by atoms with Crippen molar-refractivity contribution in [3.63, 3.8) is 0 Å². The van der Waals surface area contributed by atoms with E-state index in [1.807, 2.05) is 12.1 Å². The van der Waals surface area contributed by atoms with Gasteiger partial charge in [-0.2, -0.15) is 0 Å². The highest BCUT2D eigenvalue weighted by atomic mass is 16.5.